The number of azo groups is 1. The molecule has 2 atom stereocenters. The van der Waals surface area contributed by atoms with E-state index in [1.54, 1.807) is 0 Å². The number of aliphatic hydroxyl groups is 1. The van der Waals surface area contributed by atoms with E-state index in [9.17, 15) is 5.11 Å². The van der Waals surface area contributed by atoms with Gasteiger partial charge in [-0.3, -0.25) is 0 Å². The van der Waals surface area contributed by atoms with Gasteiger partial charge in [0.05, 0.1) is 0 Å². The van der Waals surface area contributed by atoms with E-state index in [-0.39, 0.29) is 5.78 Å². The van der Waals surface area contributed by atoms with E-state index < -0.39 is 6.29 Å². The van der Waals surface area contributed by atoms with Gasteiger partial charge in [0.25, 0.3) is 0 Å². The van der Waals surface area contributed by atoms with Crippen LogP contribution in [-0.4, -0.2) is 46.8 Å². The highest BCUT2D eigenvalue weighted by atomic mass is 31.1. The van der Waals surface area contributed by atoms with Crippen LogP contribution in [0.1, 0.15) is 27.7 Å². The summed E-state index contributed by atoms with van der Waals surface area (Å²) < 4.78 is 4.85. The monoisotopic (exact) mass is 245 g/mol. The summed E-state index contributed by atoms with van der Waals surface area (Å²) in [5.41, 5.74) is 0.908. The topological polar surface area (TPSA) is 57.4 Å². The molecule has 2 unspecified atom stereocenters. The van der Waals surface area contributed by atoms with Crippen LogP contribution in [0.25, 0.3) is 0 Å². The Hall–Kier alpha value is -0.350. The van der Waals surface area contributed by atoms with Gasteiger partial charge in [-0.25, -0.2) is 4.90 Å². The number of nitrogens with zero attached hydrogens (tertiary/aromatic N) is 3. The molecule has 0 bridgehead atoms. The highest BCUT2D eigenvalue weighted by Crippen LogP contribution is 2.27. The van der Waals surface area contributed by atoms with Gasteiger partial charge in [-0.2, -0.15) is 5.11 Å². The van der Waals surface area contributed by atoms with Crippen molar-refractivity contribution in [3.8, 4) is 0 Å². The molecule has 1 aliphatic heterocycles. The van der Waals surface area contributed by atoms with E-state index in [0.717, 1.165) is 13.7 Å². The molecule has 1 rings (SSSR count). The third-order valence-corrected chi connectivity index (χ3v) is 3.53. The third kappa shape index (κ3) is 3.08. The van der Waals surface area contributed by atoms with Crippen LogP contribution < -0.4 is 0 Å². The first-order valence-electron chi connectivity index (χ1n) is 5.45. The normalized spacial score (nSPS) is 23.3. The molecule has 1 heterocycles. The average molecular weight is 245 g/mol. The molecule has 0 spiro atoms. The second-order valence-electron chi connectivity index (χ2n) is 4.28. The lowest BCUT2D eigenvalue weighted by atomic mass is 10.2. The second-order valence-corrected chi connectivity index (χ2v) is 5.47. The Morgan fingerprint density at radius 2 is 1.88 bits per heavy atom. The highest BCUT2D eigenvalue weighted by Gasteiger charge is 2.27. The van der Waals surface area contributed by atoms with Crippen LogP contribution in [0.2, 0.25) is 0 Å². The molecular formula is C10H20N3O2P. The summed E-state index contributed by atoms with van der Waals surface area (Å²) in [6.45, 7) is 8.49. The summed E-state index contributed by atoms with van der Waals surface area (Å²) in [5, 5.41) is 17.7. The van der Waals surface area contributed by atoms with Crippen LogP contribution in [-0.2, 0) is 4.74 Å². The van der Waals surface area contributed by atoms with Crippen molar-refractivity contribution in [1.82, 2.24) is 4.90 Å². The van der Waals surface area contributed by atoms with Crippen LogP contribution in [0.3, 0.4) is 0 Å². The Bertz CT molecular complexity index is 284. The maximum absolute atomic E-state index is 9.52. The Kier molecular flexibility index (Phi) is 4.99. The van der Waals surface area contributed by atoms with Gasteiger partial charge in [0.1, 0.15) is 0 Å². The minimum atomic E-state index is -0.871. The molecule has 92 valence electrons. The van der Waals surface area contributed by atoms with Crippen LogP contribution in [0.4, 0.5) is 0 Å². The molecule has 5 nitrogen and oxygen atoms in total. The van der Waals surface area contributed by atoms with Crippen molar-refractivity contribution in [3.63, 3.8) is 0 Å². The van der Waals surface area contributed by atoms with E-state index in [1.165, 1.54) is 7.11 Å². The van der Waals surface area contributed by atoms with Gasteiger partial charge in [-0.05, 0) is 35.9 Å². The number of aliphatic hydroxyl groups excluding tert-OH is 1. The molecule has 0 aromatic rings. The quantitative estimate of drug-likeness (QED) is 0.594. The number of methoxy groups -OCH3 is 1. The van der Waals surface area contributed by atoms with E-state index in [4.69, 9.17) is 4.74 Å². The molecule has 0 saturated heterocycles. The van der Waals surface area contributed by atoms with Crippen molar-refractivity contribution in [1.29, 1.82) is 0 Å². The molecule has 0 saturated carbocycles. The molecule has 0 aromatic heterocycles. The fraction of sp³-hybridized carbons (Fsp3) is 0.900. The highest BCUT2D eigenvalue weighted by molar-refractivity contribution is 7.41. The number of rotatable bonds is 5. The van der Waals surface area contributed by atoms with Gasteiger partial charge < -0.3 is 9.84 Å². The molecule has 1 N–H and O–H groups in total. The number of hydrogen-bond donors (Lipinski definition) is 1. The Balaban J connectivity index is 2.79. The van der Waals surface area contributed by atoms with Crippen LogP contribution in [0, 0.1) is 0 Å². The molecule has 1 aliphatic rings. The molecule has 0 aromatic carbocycles. The fourth-order valence-corrected chi connectivity index (χ4v) is 2.99. The maximum Gasteiger partial charge on any atom is 0.186 e. The lowest BCUT2D eigenvalue weighted by Gasteiger charge is -2.28. The van der Waals surface area contributed by atoms with Gasteiger partial charge in [-0.1, -0.05) is 0 Å². The van der Waals surface area contributed by atoms with Crippen LogP contribution in [0.15, 0.2) is 10.2 Å². The van der Waals surface area contributed by atoms with Gasteiger partial charge >= 0.3 is 0 Å². The van der Waals surface area contributed by atoms with Crippen molar-refractivity contribution in [3.05, 3.63) is 0 Å². The predicted octanol–water partition coefficient (Wildman–Crippen LogP) is 1.90. The number of ether oxygens (including phenoxy) is 1. The largest absolute Gasteiger partial charge is 0.366 e. The third-order valence-electron chi connectivity index (χ3n) is 2.35. The molecule has 0 amide bonds. The molecule has 0 radical (unpaired) electrons. The van der Waals surface area contributed by atoms with E-state index in [0.29, 0.717) is 12.1 Å². The maximum atomic E-state index is 9.52. The number of hydrogen-bond acceptors (Lipinski definition) is 5. The van der Waals surface area contributed by atoms with Gasteiger partial charge in [0.15, 0.2) is 17.6 Å². The van der Waals surface area contributed by atoms with Gasteiger partial charge in [-0.15, -0.1) is 5.11 Å². The van der Waals surface area contributed by atoms with Crippen molar-refractivity contribution in [2.45, 2.75) is 51.9 Å². The van der Waals surface area contributed by atoms with Gasteiger partial charge in [0.2, 0.25) is 0 Å². The minimum Gasteiger partial charge on any atom is -0.366 e. The fourth-order valence-electron chi connectivity index (χ4n) is 1.70. The van der Waals surface area contributed by atoms with E-state index in [2.05, 4.69) is 42.8 Å². The molecule has 6 heteroatoms. The molecular weight excluding hydrogens is 225 g/mol. The molecule has 0 aliphatic carbocycles. The SMILES string of the molecule is COC(O)C1N=NC(N(C(C)C)C(C)C)=P1. The zero-order chi connectivity index (χ0) is 12.3. The van der Waals surface area contributed by atoms with E-state index in [1.807, 2.05) is 0 Å². The zero-order valence-corrected chi connectivity index (χ0v) is 11.3. The Morgan fingerprint density at radius 3 is 2.31 bits per heavy atom. The predicted molar refractivity (Wildman–Crippen MR) is 65.7 cm³/mol. The van der Waals surface area contributed by atoms with Gasteiger partial charge in [0, 0.05) is 19.2 Å². The summed E-state index contributed by atoms with van der Waals surface area (Å²) >= 11 is 0. The first-order chi connectivity index (χ1) is 7.47. The first kappa shape index (κ1) is 13.7. The van der Waals surface area contributed by atoms with Crippen LogP contribution in [0.5, 0.6) is 0 Å². The standard InChI is InChI=1S/C10H20N3O2P/c1-6(2)13(7(3)4)10-12-11-8(16-10)9(14)15-5/h6-9,14H,1-5H3. The van der Waals surface area contributed by atoms with E-state index >= 15 is 0 Å². The molecule has 16 heavy (non-hydrogen) atoms. The summed E-state index contributed by atoms with van der Waals surface area (Å²) in [6, 6.07) is 0.750. The summed E-state index contributed by atoms with van der Waals surface area (Å²) in [5.74, 6) is -0.292. The summed E-state index contributed by atoms with van der Waals surface area (Å²) in [7, 11) is 2.38. The summed E-state index contributed by atoms with van der Waals surface area (Å²) in [4.78, 5) is 2.20. The zero-order valence-electron chi connectivity index (χ0n) is 10.5. The Morgan fingerprint density at radius 1 is 1.31 bits per heavy atom. The minimum absolute atomic E-state index is 0.292. The lowest BCUT2D eigenvalue weighted by Crippen LogP contribution is -2.40. The second kappa shape index (κ2) is 5.82. The average Bonchev–Trinajstić information content (AvgIpc) is 2.64. The lowest BCUT2D eigenvalue weighted by molar-refractivity contribution is -0.0729. The smallest absolute Gasteiger partial charge is 0.186 e. The van der Waals surface area contributed by atoms with Crippen LogP contribution >= 0.6 is 8.20 Å². The first-order valence-corrected chi connectivity index (χ1v) is 6.41. The molecule has 0 fully saturated rings. The summed E-state index contributed by atoms with van der Waals surface area (Å²) in [6.07, 6.45) is -0.871. The Labute approximate surface area is 98.3 Å². The van der Waals surface area contributed by atoms with Crippen molar-refractivity contribution < 1.29 is 9.84 Å². The van der Waals surface area contributed by atoms with Crippen molar-refractivity contribution in [2.75, 3.05) is 7.11 Å². The van der Waals surface area contributed by atoms with Crippen molar-refractivity contribution >= 4 is 13.7 Å². The van der Waals surface area contributed by atoms with Crippen molar-refractivity contribution in [2.24, 2.45) is 10.2 Å².